The third-order valence-electron chi connectivity index (χ3n) is 11.4. The largest absolute Gasteiger partial charge is 0.545 e. The van der Waals surface area contributed by atoms with E-state index in [1.54, 1.807) is 41.4 Å². The third kappa shape index (κ3) is 25.7. The van der Waals surface area contributed by atoms with Gasteiger partial charge < -0.3 is 32.2 Å². The number of nitrogens with zero attached hydrogens (tertiary/aromatic N) is 12. The SMILES string of the molecule is CN(N=Cc1ccc(OPP(P)N=[N+]=[N-])cc1)P(P)P.CN(N=Cc1ccc(O[P+](=S)N=P(c2ccccc2)(c2ccccc2)c2ccc(ON=[N+]=[N-])cc2)cc1)[P+](C)=S.COc1ccc(CCN(CP(=O)(OC)OC)CP(=O)(OC)OC)cc1. The molecule has 452 valence electrons. The molecule has 7 atom stereocenters. The van der Waals surface area contributed by atoms with E-state index < -0.39 is 43.6 Å². The molecular weight excluding hydrogens is 1330 g/mol. The van der Waals surface area contributed by atoms with Crippen LogP contribution in [0.15, 0.2) is 183 Å². The zero-order valence-corrected chi connectivity index (χ0v) is 60.0. The fourth-order valence-electron chi connectivity index (χ4n) is 6.86. The second-order valence-electron chi connectivity index (χ2n) is 16.9. The summed E-state index contributed by atoms with van der Waals surface area (Å²) in [6.07, 6.45) is 4.18. The van der Waals surface area contributed by atoms with Crippen molar-refractivity contribution in [2.45, 2.75) is 6.42 Å². The van der Waals surface area contributed by atoms with E-state index in [4.69, 9.17) is 75.9 Å². The zero-order valence-electron chi connectivity index (χ0n) is 47.6. The van der Waals surface area contributed by atoms with Crippen LogP contribution in [-0.4, -0.2) is 102 Å². The van der Waals surface area contributed by atoms with Crippen molar-refractivity contribution in [1.29, 1.82) is 0 Å². The van der Waals surface area contributed by atoms with Gasteiger partial charge in [0.1, 0.15) is 57.3 Å². The summed E-state index contributed by atoms with van der Waals surface area (Å²) in [6.45, 7) is 1.73. The van der Waals surface area contributed by atoms with Gasteiger partial charge in [-0.05, 0) is 124 Å². The summed E-state index contributed by atoms with van der Waals surface area (Å²) in [5, 5.41) is 15.0. The Labute approximate surface area is 520 Å². The summed E-state index contributed by atoms with van der Waals surface area (Å²) in [5.74, 6) is 2.59. The number of methoxy groups -OCH3 is 1. The first-order valence-corrected chi connectivity index (χ1v) is 44.1. The normalized spacial score (nSPS) is 12.2. The Kier molecular flexibility index (Phi) is 34.0. The fraction of sp³-hybridized carbons (Fsp3) is 0.240. The average Bonchev–Trinajstić information content (AvgIpc) is 3.08. The summed E-state index contributed by atoms with van der Waals surface area (Å²) in [4.78, 5) is 15.8. The molecule has 85 heavy (non-hydrogen) atoms. The summed E-state index contributed by atoms with van der Waals surface area (Å²) in [6, 6.07) is 50.5. The maximum Gasteiger partial charge on any atom is 0.545 e. The Morgan fingerprint density at radius 2 is 1.11 bits per heavy atom. The van der Waals surface area contributed by atoms with Crippen LogP contribution in [0.25, 0.3) is 20.9 Å². The standard InChI is InChI=1S/C27H25N6O2P3S2.C15H27NO7P2.C8H15N5OP6/c1-33(36(2)39)29-21-22-13-15-24(16-14-22)35-37(40)32-38(25-9-5-3-6-10-25,26-11-7-4-8-12-26)27-19-17-23(18-20-27)34-31-30-28;1-19-15-8-6-14(7-9-15)10-11-16(12-24(17,20-2)21-3)13-25(18,22-4)23-5;1-13(20(16)17)10-6-7-2-4-8(5-3-7)14-18-19(15)12-11-9/h3-21H,1-2H3;6-9H,10-13H2,1-5H3;2-6,18H,15-17H2,1H3/q+2;;. The lowest BCUT2D eigenvalue weighted by Crippen LogP contribution is -2.29. The molecule has 0 aliphatic heterocycles. The maximum absolute atomic E-state index is 12.4. The molecule has 0 aliphatic rings. The number of hydrogen-bond acceptors (Lipinski definition) is 18. The summed E-state index contributed by atoms with van der Waals surface area (Å²) in [7, 11) is 6.65. The van der Waals surface area contributed by atoms with E-state index in [9.17, 15) is 9.13 Å². The lowest BCUT2D eigenvalue weighted by atomic mass is 10.1. The second kappa shape index (κ2) is 39.3. The Morgan fingerprint density at radius 1 is 0.635 bits per heavy atom. The number of ether oxygens (including phenoxy) is 1. The Bertz CT molecular complexity index is 3280. The first kappa shape index (κ1) is 73.7. The van der Waals surface area contributed by atoms with Crippen molar-refractivity contribution in [3.05, 3.63) is 195 Å². The summed E-state index contributed by atoms with van der Waals surface area (Å²) < 4.78 is 70.7. The molecule has 0 aliphatic carbocycles. The van der Waals surface area contributed by atoms with Gasteiger partial charge in [0.25, 0.3) is 0 Å². The van der Waals surface area contributed by atoms with Crippen LogP contribution in [0.4, 0.5) is 0 Å². The molecule has 0 saturated carbocycles. The molecule has 22 nitrogen and oxygen atoms in total. The minimum atomic E-state index is -3.30. The van der Waals surface area contributed by atoms with Crippen LogP contribution < -0.4 is 34.5 Å². The molecule has 0 radical (unpaired) electrons. The molecule has 0 fully saturated rings. The molecule has 7 unspecified atom stereocenters. The van der Waals surface area contributed by atoms with Gasteiger partial charge in [0, 0.05) is 75.2 Å². The van der Waals surface area contributed by atoms with Crippen molar-refractivity contribution in [2.24, 2.45) is 24.9 Å². The topological polar surface area (TPSA) is 252 Å². The van der Waals surface area contributed by atoms with Crippen LogP contribution >= 0.6 is 86.3 Å². The number of hydrazone groups is 2. The van der Waals surface area contributed by atoms with Gasteiger partial charge in [-0.25, -0.2) is 0 Å². The molecule has 35 heteroatoms. The number of azide groups is 2. The highest BCUT2D eigenvalue weighted by atomic mass is 32.4. The molecule has 6 rings (SSSR count). The van der Waals surface area contributed by atoms with Gasteiger partial charge in [0.05, 0.1) is 34.0 Å². The zero-order chi connectivity index (χ0) is 62.3. The second-order valence-corrected chi connectivity index (χ2v) is 42.1. The lowest BCUT2D eigenvalue weighted by molar-refractivity contribution is 0.224. The van der Waals surface area contributed by atoms with Gasteiger partial charge >= 0.3 is 29.1 Å². The maximum atomic E-state index is 12.4. The summed E-state index contributed by atoms with van der Waals surface area (Å²) in [5.41, 5.74) is 19.9. The van der Waals surface area contributed by atoms with Crippen molar-refractivity contribution < 1.29 is 45.8 Å². The van der Waals surface area contributed by atoms with Crippen molar-refractivity contribution in [3.63, 3.8) is 0 Å². The van der Waals surface area contributed by atoms with E-state index in [1.165, 1.54) is 28.4 Å². The molecule has 0 aromatic heterocycles. The van der Waals surface area contributed by atoms with Crippen molar-refractivity contribution in [3.8, 4) is 23.0 Å². The van der Waals surface area contributed by atoms with E-state index in [2.05, 4.69) is 81.2 Å². The van der Waals surface area contributed by atoms with E-state index in [1.807, 2.05) is 147 Å². The van der Waals surface area contributed by atoms with Crippen LogP contribution in [0.5, 0.6) is 23.0 Å². The van der Waals surface area contributed by atoms with Crippen LogP contribution in [0, 0.1) is 0 Å². The van der Waals surface area contributed by atoms with Crippen LogP contribution in [0.1, 0.15) is 16.7 Å². The molecular formula is C50H67N12O10P11S2+2. The molecule has 6 aromatic carbocycles. The van der Waals surface area contributed by atoms with Crippen LogP contribution in [0.3, 0.4) is 0 Å². The van der Waals surface area contributed by atoms with Crippen molar-refractivity contribution >= 4 is 138 Å². The average molecular weight is 1400 g/mol. The van der Waals surface area contributed by atoms with Gasteiger partial charge in [-0.3, -0.25) is 23.3 Å². The van der Waals surface area contributed by atoms with E-state index in [0.717, 1.165) is 44.1 Å². The van der Waals surface area contributed by atoms with Crippen LogP contribution in [0.2, 0.25) is 0 Å². The molecule has 0 bridgehead atoms. The molecule has 6 aromatic rings. The highest BCUT2D eigenvalue weighted by molar-refractivity contribution is 8.46. The highest BCUT2D eigenvalue weighted by Gasteiger charge is 2.34. The number of benzene rings is 6. The molecule has 0 saturated heterocycles. The minimum absolute atomic E-state index is 0.0210. The van der Waals surface area contributed by atoms with Gasteiger partial charge in [0.15, 0.2) is 17.6 Å². The Hall–Kier alpha value is -3.81. The predicted molar refractivity (Wildman–Crippen MR) is 374 cm³/mol. The monoisotopic (exact) mass is 1400 g/mol. The molecule has 0 spiro atoms. The smallest absolute Gasteiger partial charge is 0.497 e. The van der Waals surface area contributed by atoms with Gasteiger partial charge in [-0.2, -0.15) is 5.10 Å². The number of hydrogen-bond donors (Lipinski definition) is 0. The minimum Gasteiger partial charge on any atom is -0.497 e. The van der Waals surface area contributed by atoms with E-state index >= 15 is 0 Å². The first-order chi connectivity index (χ1) is 40.8. The number of rotatable bonds is 30. The van der Waals surface area contributed by atoms with Gasteiger partial charge in [0.2, 0.25) is 11.8 Å². The predicted octanol–water partition coefficient (Wildman–Crippen LogP) is 16.1. The van der Waals surface area contributed by atoms with Crippen LogP contribution in [-0.2, 0) is 57.3 Å². The first-order valence-electron chi connectivity index (χ1n) is 24.7. The lowest BCUT2D eigenvalue weighted by Gasteiger charge is -2.27. The third-order valence-corrected chi connectivity index (χ3v) is 28.7. The van der Waals surface area contributed by atoms with Gasteiger partial charge in [-0.15, -0.1) is 9.88 Å². The molecule has 0 N–H and O–H groups in total. The fourth-order valence-corrected chi connectivity index (χ4v) is 18.5. The highest BCUT2D eigenvalue weighted by Crippen LogP contribution is 2.63. The summed E-state index contributed by atoms with van der Waals surface area (Å²) >= 11 is 11.2. The van der Waals surface area contributed by atoms with E-state index in [-0.39, 0.29) is 28.5 Å². The Morgan fingerprint density at radius 3 is 1.56 bits per heavy atom. The van der Waals surface area contributed by atoms with Gasteiger partial charge in [-0.1, -0.05) is 104 Å². The molecule has 0 amide bonds. The molecule has 0 heterocycles. The van der Waals surface area contributed by atoms with Crippen molar-refractivity contribution in [1.82, 2.24) is 14.5 Å². The van der Waals surface area contributed by atoms with Crippen molar-refractivity contribution in [2.75, 3.05) is 75.4 Å². The van der Waals surface area contributed by atoms with E-state index in [0.29, 0.717) is 24.5 Å². The quantitative estimate of drug-likeness (QED) is 0.0101. The Balaban J connectivity index is 0.000000296.